The van der Waals surface area contributed by atoms with Crippen LogP contribution in [-0.4, -0.2) is 0 Å². The van der Waals surface area contributed by atoms with Crippen molar-refractivity contribution in [3.63, 3.8) is 0 Å². The fourth-order valence-corrected chi connectivity index (χ4v) is 2.32. The first-order valence-electron chi connectivity index (χ1n) is 4.51. The van der Waals surface area contributed by atoms with Crippen molar-refractivity contribution in [2.75, 3.05) is 5.73 Å². The lowest BCUT2D eigenvalue weighted by Gasteiger charge is -2.13. The molecular weight excluding hydrogens is 263 g/mol. The third-order valence-corrected chi connectivity index (χ3v) is 3.22. The van der Waals surface area contributed by atoms with Gasteiger partial charge in [0.15, 0.2) is 0 Å². The number of rotatable bonds is 2. The SMILES string of the molecule is Cl.Nc1ccc(Cl)cc1[C@H](N)c1ccsc1. The molecular formula is C11H12Cl2N2S. The Labute approximate surface area is 110 Å². The van der Waals surface area contributed by atoms with Crippen LogP contribution in [0.1, 0.15) is 17.2 Å². The number of anilines is 1. The van der Waals surface area contributed by atoms with Crippen LogP contribution in [0.3, 0.4) is 0 Å². The molecule has 5 heteroatoms. The van der Waals surface area contributed by atoms with Gasteiger partial charge in [-0.3, -0.25) is 0 Å². The minimum absolute atomic E-state index is 0. The number of hydrogen-bond donors (Lipinski definition) is 2. The van der Waals surface area contributed by atoms with E-state index in [4.69, 9.17) is 23.1 Å². The highest BCUT2D eigenvalue weighted by Gasteiger charge is 2.12. The Bertz CT molecular complexity index is 457. The topological polar surface area (TPSA) is 52.0 Å². The summed E-state index contributed by atoms with van der Waals surface area (Å²) < 4.78 is 0. The maximum atomic E-state index is 6.10. The molecule has 0 fully saturated rings. The Hall–Kier alpha value is -0.740. The Morgan fingerprint density at radius 3 is 2.62 bits per heavy atom. The predicted octanol–water partition coefficient (Wildman–Crippen LogP) is 3.45. The van der Waals surface area contributed by atoms with E-state index in [1.54, 1.807) is 23.5 Å². The zero-order chi connectivity index (χ0) is 10.8. The summed E-state index contributed by atoms with van der Waals surface area (Å²) in [6, 6.07) is 7.16. The first-order valence-corrected chi connectivity index (χ1v) is 5.83. The van der Waals surface area contributed by atoms with E-state index in [-0.39, 0.29) is 18.4 Å². The fraction of sp³-hybridized carbons (Fsp3) is 0.0909. The van der Waals surface area contributed by atoms with Crippen molar-refractivity contribution < 1.29 is 0 Å². The fourth-order valence-electron chi connectivity index (χ4n) is 1.45. The molecule has 0 aliphatic heterocycles. The molecule has 2 nitrogen and oxygen atoms in total. The van der Waals surface area contributed by atoms with E-state index in [0.29, 0.717) is 10.7 Å². The van der Waals surface area contributed by atoms with Crippen LogP contribution >= 0.6 is 35.3 Å². The second-order valence-electron chi connectivity index (χ2n) is 3.31. The smallest absolute Gasteiger partial charge is 0.0580 e. The van der Waals surface area contributed by atoms with E-state index in [2.05, 4.69) is 0 Å². The molecule has 16 heavy (non-hydrogen) atoms. The van der Waals surface area contributed by atoms with Gasteiger partial charge in [0.1, 0.15) is 0 Å². The van der Waals surface area contributed by atoms with Crippen molar-refractivity contribution in [2.24, 2.45) is 5.73 Å². The molecule has 0 spiro atoms. The van der Waals surface area contributed by atoms with Crippen LogP contribution in [0.25, 0.3) is 0 Å². The molecule has 0 aliphatic carbocycles. The minimum atomic E-state index is -0.199. The molecule has 2 aromatic rings. The molecule has 0 bridgehead atoms. The number of hydrogen-bond acceptors (Lipinski definition) is 3. The molecule has 4 N–H and O–H groups in total. The van der Waals surface area contributed by atoms with E-state index < -0.39 is 0 Å². The zero-order valence-corrected chi connectivity index (χ0v) is 10.8. The van der Waals surface area contributed by atoms with Gasteiger partial charge in [0, 0.05) is 10.7 Å². The van der Waals surface area contributed by atoms with Crippen LogP contribution < -0.4 is 11.5 Å². The number of thiophene rings is 1. The largest absolute Gasteiger partial charge is 0.398 e. The van der Waals surface area contributed by atoms with Gasteiger partial charge in [-0.1, -0.05) is 11.6 Å². The third-order valence-electron chi connectivity index (χ3n) is 2.29. The summed E-state index contributed by atoms with van der Waals surface area (Å²) in [5.41, 5.74) is 14.6. The summed E-state index contributed by atoms with van der Waals surface area (Å²) in [5, 5.41) is 4.67. The quantitative estimate of drug-likeness (QED) is 0.825. The number of nitrogen functional groups attached to an aromatic ring is 1. The Morgan fingerprint density at radius 1 is 1.25 bits per heavy atom. The van der Waals surface area contributed by atoms with E-state index in [0.717, 1.165) is 11.1 Å². The molecule has 2 rings (SSSR count). The Balaban J connectivity index is 0.00000128. The monoisotopic (exact) mass is 274 g/mol. The first kappa shape index (κ1) is 13.3. The zero-order valence-electron chi connectivity index (χ0n) is 8.39. The molecule has 0 aliphatic rings. The average Bonchev–Trinajstić information content (AvgIpc) is 2.74. The summed E-state index contributed by atoms with van der Waals surface area (Å²) in [5.74, 6) is 0. The normalized spacial score (nSPS) is 11.9. The third kappa shape index (κ3) is 2.68. The lowest BCUT2D eigenvalue weighted by Crippen LogP contribution is -2.12. The maximum absolute atomic E-state index is 6.10. The predicted molar refractivity (Wildman–Crippen MR) is 73.5 cm³/mol. The van der Waals surface area contributed by atoms with Crippen LogP contribution in [0, 0.1) is 0 Å². The van der Waals surface area contributed by atoms with E-state index >= 15 is 0 Å². The van der Waals surface area contributed by atoms with Gasteiger partial charge in [-0.25, -0.2) is 0 Å². The Morgan fingerprint density at radius 2 is 2.00 bits per heavy atom. The molecule has 0 radical (unpaired) electrons. The number of benzene rings is 1. The summed E-state index contributed by atoms with van der Waals surface area (Å²) in [7, 11) is 0. The number of nitrogens with two attached hydrogens (primary N) is 2. The van der Waals surface area contributed by atoms with Gasteiger partial charge in [0.25, 0.3) is 0 Å². The first-order chi connectivity index (χ1) is 7.18. The highest BCUT2D eigenvalue weighted by molar-refractivity contribution is 7.08. The van der Waals surface area contributed by atoms with E-state index in [1.807, 2.05) is 22.9 Å². The highest BCUT2D eigenvalue weighted by Crippen LogP contribution is 2.28. The highest BCUT2D eigenvalue weighted by atomic mass is 35.5. The summed E-state index contributed by atoms with van der Waals surface area (Å²) >= 11 is 7.53. The molecule has 86 valence electrons. The van der Waals surface area contributed by atoms with Gasteiger partial charge in [-0.05, 0) is 46.2 Å². The van der Waals surface area contributed by atoms with Gasteiger partial charge in [-0.15, -0.1) is 12.4 Å². The van der Waals surface area contributed by atoms with Crippen molar-refractivity contribution in [3.8, 4) is 0 Å². The van der Waals surface area contributed by atoms with Crippen molar-refractivity contribution in [1.82, 2.24) is 0 Å². The van der Waals surface area contributed by atoms with Crippen LogP contribution in [0.2, 0.25) is 5.02 Å². The van der Waals surface area contributed by atoms with Gasteiger partial charge in [0.05, 0.1) is 6.04 Å². The maximum Gasteiger partial charge on any atom is 0.0580 e. The molecule has 0 saturated carbocycles. The van der Waals surface area contributed by atoms with Crippen molar-refractivity contribution in [1.29, 1.82) is 0 Å². The van der Waals surface area contributed by atoms with Gasteiger partial charge in [0.2, 0.25) is 0 Å². The standard InChI is InChI=1S/C11H11ClN2S.ClH/c12-8-1-2-10(13)9(5-8)11(14)7-3-4-15-6-7;/h1-6,11H,13-14H2;1H/t11-;/m1./s1. The van der Waals surface area contributed by atoms with Crippen LogP contribution in [0.15, 0.2) is 35.0 Å². The molecule has 0 unspecified atom stereocenters. The summed E-state index contributed by atoms with van der Waals surface area (Å²) in [6.45, 7) is 0. The van der Waals surface area contributed by atoms with Gasteiger partial charge >= 0.3 is 0 Å². The molecule has 0 saturated heterocycles. The van der Waals surface area contributed by atoms with Crippen molar-refractivity contribution in [2.45, 2.75) is 6.04 Å². The van der Waals surface area contributed by atoms with E-state index in [9.17, 15) is 0 Å². The second-order valence-corrected chi connectivity index (χ2v) is 4.52. The van der Waals surface area contributed by atoms with Crippen LogP contribution in [0.5, 0.6) is 0 Å². The van der Waals surface area contributed by atoms with E-state index in [1.165, 1.54) is 0 Å². The number of halogens is 2. The second kappa shape index (κ2) is 5.55. The lowest BCUT2D eigenvalue weighted by molar-refractivity contribution is 0.880. The molecule has 1 aromatic heterocycles. The lowest BCUT2D eigenvalue weighted by atomic mass is 10.0. The summed E-state index contributed by atoms with van der Waals surface area (Å²) in [4.78, 5) is 0. The van der Waals surface area contributed by atoms with Crippen LogP contribution in [-0.2, 0) is 0 Å². The minimum Gasteiger partial charge on any atom is -0.398 e. The average molecular weight is 275 g/mol. The summed E-state index contributed by atoms with van der Waals surface area (Å²) in [6.07, 6.45) is 0. The molecule has 0 amide bonds. The molecule has 1 heterocycles. The van der Waals surface area contributed by atoms with Gasteiger partial charge in [-0.2, -0.15) is 11.3 Å². The Kier molecular flexibility index (Phi) is 4.62. The van der Waals surface area contributed by atoms with Crippen molar-refractivity contribution >= 4 is 41.0 Å². The molecule has 1 atom stereocenters. The van der Waals surface area contributed by atoms with Crippen LogP contribution in [0.4, 0.5) is 5.69 Å². The molecule has 1 aromatic carbocycles. The van der Waals surface area contributed by atoms with Crippen molar-refractivity contribution in [3.05, 3.63) is 51.2 Å². The van der Waals surface area contributed by atoms with Gasteiger partial charge < -0.3 is 11.5 Å².